The first-order valence-corrected chi connectivity index (χ1v) is 9.78. The van der Waals surface area contributed by atoms with Crippen LogP contribution in [0.25, 0.3) is 11.3 Å². The average Bonchev–Trinajstić information content (AvgIpc) is 3.13. The molecule has 0 aliphatic rings. The Balaban J connectivity index is 0.00000117. The molecule has 0 saturated carbocycles. The molecule has 1 atom stereocenters. The molecule has 0 amide bonds. The molecule has 3 nitrogen and oxygen atoms in total. The highest BCUT2D eigenvalue weighted by Gasteiger charge is 2.20. The maximum absolute atomic E-state index is 11.6. The van der Waals surface area contributed by atoms with E-state index in [1.165, 1.54) is 16.9 Å². The minimum Gasteiger partial charge on any atom is -0.481 e. The van der Waals surface area contributed by atoms with Crippen molar-refractivity contribution in [2.45, 2.75) is 33.6 Å². The third kappa shape index (κ3) is 5.53. The highest BCUT2D eigenvalue weighted by atomic mass is 32.1. The maximum Gasteiger partial charge on any atom is 0.307 e. The molecule has 136 valence electrons. The Labute approximate surface area is 159 Å². The normalized spacial score (nSPS) is 11.3. The third-order valence-electron chi connectivity index (χ3n) is 3.99. The van der Waals surface area contributed by atoms with E-state index in [-0.39, 0.29) is 0 Å². The van der Waals surface area contributed by atoms with Crippen LogP contribution in [0.15, 0.2) is 60.0 Å². The Hall–Kier alpha value is -2.46. The van der Waals surface area contributed by atoms with Gasteiger partial charge in [-0.25, -0.2) is 4.98 Å². The fourth-order valence-corrected chi connectivity index (χ4v) is 3.50. The molecule has 1 heterocycles. The van der Waals surface area contributed by atoms with E-state index >= 15 is 0 Å². The molecule has 1 unspecified atom stereocenters. The molecule has 0 saturated heterocycles. The van der Waals surface area contributed by atoms with E-state index in [9.17, 15) is 9.90 Å². The van der Waals surface area contributed by atoms with Crippen LogP contribution >= 0.6 is 11.3 Å². The molecule has 1 aromatic heterocycles. The first-order chi connectivity index (χ1) is 12.6. The number of carboxylic acid groups (broad SMARTS) is 1. The zero-order valence-electron chi connectivity index (χ0n) is 15.5. The van der Waals surface area contributed by atoms with Gasteiger partial charge in [0.15, 0.2) is 0 Å². The number of aromatic nitrogens is 1. The van der Waals surface area contributed by atoms with Gasteiger partial charge in [-0.3, -0.25) is 4.79 Å². The summed E-state index contributed by atoms with van der Waals surface area (Å²) in [6.45, 7) is 6.05. The largest absolute Gasteiger partial charge is 0.481 e. The van der Waals surface area contributed by atoms with Gasteiger partial charge in [-0.05, 0) is 18.9 Å². The van der Waals surface area contributed by atoms with Gasteiger partial charge in [0.2, 0.25) is 0 Å². The van der Waals surface area contributed by atoms with Crippen molar-refractivity contribution in [1.82, 2.24) is 4.98 Å². The number of hydrogen-bond acceptors (Lipinski definition) is 3. The van der Waals surface area contributed by atoms with Gasteiger partial charge in [0.25, 0.3) is 0 Å². The fourth-order valence-electron chi connectivity index (χ4n) is 2.62. The van der Waals surface area contributed by atoms with E-state index < -0.39 is 11.9 Å². The second kappa shape index (κ2) is 9.88. The monoisotopic (exact) mass is 367 g/mol. The van der Waals surface area contributed by atoms with Crippen LogP contribution in [0.2, 0.25) is 0 Å². The number of rotatable bonds is 6. The van der Waals surface area contributed by atoms with Gasteiger partial charge in [-0.15, -0.1) is 11.3 Å². The van der Waals surface area contributed by atoms with Crippen molar-refractivity contribution in [2.75, 3.05) is 0 Å². The summed E-state index contributed by atoms with van der Waals surface area (Å²) in [6, 6.07) is 18.0. The summed E-state index contributed by atoms with van der Waals surface area (Å²) in [5.74, 6) is -1.23. The first-order valence-electron chi connectivity index (χ1n) is 8.90. The molecule has 4 heteroatoms. The molecule has 2 aromatic carbocycles. The van der Waals surface area contributed by atoms with Gasteiger partial charge >= 0.3 is 5.97 Å². The van der Waals surface area contributed by atoms with Crippen LogP contribution in [0.3, 0.4) is 0 Å². The molecular weight excluding hydrogens is 342 g/mol. The van der Waals surface area contributed by atoms with E-state index in [0.29, 0.717) is 12.8 Å². The summed E-state index contributed by atoms with van der Waals surface area (Å²) in [4.78, 5) is 16.2. The SMILES string of the molecule is CC.Cc1ccc(-c2csc(CC(Cc3ccccc3)C(=O)O)n2)cc1. The zero-order chi connectivity index (χ0) is 18.9. The minimum atomic E-state index is -0.772. The van der Waals surface area contributed by atoms with E-state index in [1.54, 1.807) is 0 Å². The highest BCUT2D eigenvalue weighted by Crippen LogP contribution is 2.25. The zero-order valence-corrected chi connectivity index (χ0v) is 16.3. The van der Waals surface area contributed by atoms with Gasteiger partial charge in [-0.1, -0.05) is 74.0 Å². The van der Waals surface area contributed by atoms with E-state index in [1.807, 2.05) is 61.7 Å². The number of aliphatic carboxylic acids is 1. The van der Waals surface area contributed by atoms with Crippen molar-refractivity contribution in [3.8, 4) is 11.3 Å². The molecule has 0 bridgehead atoms. The van der Waals surface area contributed by atoms with Gasteiger partial charge in [0.05, 0.1) is 16.6 Å². The Morgan fingerprint density at radius 3 is 2.31 bits per heavy atom. The summed E-state index contributed by atoms with van der Waals surface area (Å²) >= 11 is 1.53. The summed E-state index contributed by atoms with van der Waals surface area (Å²) in [5.41, 5.74) is 4.24. The van der Waals surface area contributed by atoms with Crippen LogP contribution in [-0.4, -0.2) is 16.1 Å². The van der Waals surface area contributed by atoms with Crippen molar-refractivity contribution in [1.29, 1.82) is 0 Å². The second-order valence-corrected chi connectivity index (χ2v) is 6.86. The average molecular weight is 368 g/mol. The lowest BCUT2D eigenvalue weighted by Crippen LogP contribution is -2.19. The van der Waals surface area contributed by atoms with Crippen LogP contribution in [-0.2, 0) is 17.6 Å². The predicted molar refractivity (Wildman–Crippen MR) is 109 cm³/mol. The molecule has 0 spiro atoms. The molecule has 1 N–H and O–H groups in total. The third-order valence-corrected chi connectivity index (χ3v) is 4.87. The van der Waals surface area contributed by atoms with E-state index in [2.05, 4.69) is 24.0 Å². The molecule has 0 aliphatic heterocycles. The van der Waals surface area contributed by atoms with E-state index in [0.717, 1.165) is 21.8 Å². The van der Waals surface area contributed by atoms with Crippen LogP contribution in [0.1, 0.15) is 30.0 Å². The van der Waals surface area contributed by atoms with Gasteiger partial charge < -0.3 is 5.11 Å². The number of carbonyl (C=O) groups is 1. The fraction of sp³-hybridized carbons (Fsp3) is 0.273. The summed E-state index contributed by atoms with van der Waals surface area (Å²) in [5, 5.41) is 12.4. The lowest BCUT2D eigenvalue weighted by atomic mass is 9.96. The predicted octanol–water partition coefficient (Wildman–Crippen LogP) is 5.63. The minimum absolute atomic E-state index is 0.454. The Bertz CT molecular complexity index is 810. The topological polar surface area (TPSA) is 50.2 Å². The Morgan fingerprint density at radius 2 is 1.69 bits per heavy atom. The van der Waals surface area contributed by atoms with Gasteiger partial charge in [0.1, 0.15) is 0 Å². The summed E-state index contributed by atoms with van der Waals surface area (Å²) in [6.07, 6.45) is 0.983. The number of nitrogens with zero attached hydrogens (tertiary/aromatic N) is 1. The Kier molecular flexibility index (Phi) is 7.54. The lowest BCUT2D eigenvalue weighted by molar-refractivity contribution is -0.141. The molecule has 0 radical (unpaired) electrons. The number of aryl methyl sites for hydroxylation is 1. The standard InChI is InChI=1S/C20H19NO2S.C2H6/c1-14-7-9-16(10-8-14)18-13-24-19(21-18)12-17(20(22)23)11-15-5-3-2-4-6-15;1-2/h2-10,13,17H,11-12H2,1H3,(H,22,23);1-2H3. The van der Waals surface area contributed by atoms with Crippen molar-refractivity contribution >= 4 is 17.3 Å². The molecule has 0 fully saturated rings. The number of benzene rings is 2. The van der Waals surface area contributed by atoms with Crippen molar-refractivity contribution in [3.05, 3.63) is 76.1 Å². The molecule has 3 rings (SSSR count). The van der Waals surface area contributed by atoms with Crippen molar-refractivity contribution < 1.29 is 9.90 Å². The molecule has 3 aromatic rings. The number of thiazole rings is 1. The quantitative estimate of drug-likeness (QED) is 0.614. The van der Waals surface area contributed by atoms with Crippen LogP contribution < -0.4 is 0 Å². The van der Waals surface area contributed by atoms with E-state index in [4.69, 9.17) is 0 Å². The van der Waals surface area contributed by atoms with Crippen LogP contribution in [0.4, 0.5) is 0 Å². The number of carboxylic acids is 1. The molecule has 26 heavy (non-hydrogen) atoms. The van der Waals surface area contributed by atoms with Gasteiger partial charge in [-0.2, -0.15) is 0 Å². The number of hydrogen-bond donors (Lipinski definition) is 1. The maximum atomic E-state index is 11.6. The summed E-state index contributed by atoms with van der Waals surface area (Å²) in [7, 11) is 0. The van der Waals surface area contributed by atoms with Crippen molar-refractivity contribution in [3.63, 3.8) is 0 Å². The van der Waals surface area contributed by atoms with Crippen molar-refractivity contribution in [2.24, 2.45) is 5.92 Å². The second-order valence-electron chi connectivity index (χ2n) is 5.92. The lowest BCUT2D eigenvalue weighted by Gasteiger charge is -2.10. The van der Waals surface area contributed by atoms with Gasteiger partial charge in [0, 0.05) is 17.4 Å². The van der Waals surface area contributed by atoms with Crippen LogP contribution in [0.5, 0.6) is 0 Å². The highest BCUT2D eigenvalue weighted by molar-refractivity contribution is 7.09. The van der Waals surface area contributed by atoms with Crippen LogP contribution in [0, 0.1) is 12.8 Å². The first kappa shape index (κ1) is 19.9. The Morgan fingerprint density at radius 1 is 1.04 bits per heavy atom. The smallest absolute Gasteiger partial charge is 0.307 e. The summed E-state index contributed by atoms with van der Waals surface area (Å²) < 4.78 is 0. The molecule has 0 aliphatic carbocycles. The molecular formula is C22H25NO2S.